The van der Waals surface area contributed by atoms with E-state index in [2.05, 4.69) is 34.0 Å². The standard InChI is InChI=1S/C11H18N4/c1-9(2)10-7-15(6-5-13-10)11-3-4-12-8-14-11/h3-4,8-10,13H,5-7H2,1-2H3. The average Bonchev–Trinajstić information content (AvgIpc) is 2.30. The Bertz CT molecular complexity index is 299. The SMILES string of the molecule is CC(C)C1CN(c2ccncn2)CCN1. The van der Waals surface area contributed by atoms with Gasteiger partial charge < -0.3 is 10.2 Å². The molecule has 1 aromatic heterocycles. The molecule has 0 radical (unpaired) electrons. The van der Waals surface area contributed by atoms with E-state index in [4.69, 9.17) is 0 Å². The Balaban J connectivity index is 2.05. The summed E-state index contributed by atoms with van der Waals surface area (Å²) in [6.07, 6.45) is 3.41. The van der Waals surface area contributed by atoms with Gasteiger partial charge in [0.25, 0.3) is 0 Å². The monoisotopic (exact) mass is 206 g/mol. The third-order valence-electron chi connectivity index (χ3n) is 2.90. The first-order valence-electron chi connectivity index (χ1n) is 5.51. The molecular weight excluding hydrogens is 188 g/mol. The second kappa shape index (κ2) is 4.57. The van der Waals surface area contributed by atoms with Gasteiger partial charge in [-0.1, -0.05) is 13.8 Å². The van der Waals surface area contributed by atoms with Gasteiger partial charge in [-0.15, -0.1) is 0 Å². The Morgan fingerprint density at radius 2 is 2.40 bits per heavy atom. The second-order valence-electron chi connectivity index (χ2n) is 4.32. The summed E-state index contributed by atoms with van der Waals surface area (Å²) < 4.78 is 0. The molecule has 1 aromatic rings. The van der Waals surface area contributed by atoms with Crippen molar-refractivity contribution in [2.75, 3.05) is 24.5 Å². The first-order chi connectivity index (χ1) is 7.27. The molecular formula is C11H18N4. The van der Waals surface area contributed by atoms with E-state index in [0.29, 0.717) is 12.0 Å². The molecule has 1 aliphatic heterocycles. The number of piperazine rings is 1. The number of hydrogen-bond acceptors (Lipinski definition) is 4. The quantitative estimate of drug-likeness (QED) is 0.781. The van der Waals surface area contributed by atoms with Crippen molar-refractivity contribution in [2.45, 2.75) is 19.9 Å². The zero-order valence-electron chi connectivity index (χ0n) is 9.35. The van der Waals surface area contributed by atoms with Crippen LogP contribution >= 0.6 is 0 Å². The molecule has 0 aromatic carbocycles. The smallest absolute Gasteiger partial charge is 0.131 e. The summed E-state index contributed by atoms with van der Waals surface area (Å²) in [4.78, 5) is 10.5. The molecule has 82 valence electrons. The summed E-state index contributed by atoms with van der Waals surface area (Å²) in [6, 6.07) is 2.54. The van der Waals surface area contributed by atoms with E-state index in [-0.39, 0.29) is 0 Å². The molecule has 2 heterocycles. The van der Waals surface area contributed by atoms with Crippen LogP contribution in [0.5, 0.6) is 0 Å². The van der Waals surface area contributed by atoms with Crippen molar-refractivity contribution < 1.29 is 0 Å². The zero-order valence-corrected chi connectivity index (χ0v) is 9.35. The maximum Gasteiger partial charge on any atom is 0.131 e. The predicted octanol–water partition coefficient (Wildman–Crippen LogP) is 0.911. The Morgan fingerprint density at radius 1 is 1.53 bits per heavy atom. The summed E-state index contributed by atoms with van der Waals surface area (Å²) in [5.41, 5.74) is 0. The largest absolute Gasteiger partial charge is 0.354 e. The molecule has 15 heavy (non-hydrogen) atoms. The van der Waals surface area contributed by atoms with Crippen molar-refractivity contribution in [3.8, 4) is 0 Å². The number of aromatic nitrogens is 2. The number of nitrogens with zero attached hydrogens (tertiary/aromatic N) is 3. The van der Waals surface area contributed by atoms with E-state index in [1.807, 2.05) is 6.07 Å². The highest BCUT2D eigenvalue weighted by Crippen LogP contribution is 2.14. The molecule has 0 bridgehead atoms. The van der Waals surface area contributed by atoms with Gasteiger partial charge in [0.15, 0.2) is 0 Å². The fourth-order valence-electron chi connectivity index (χ4n) is 1.90. The summed E-state index contributed by atoms with van der Waals surface area (Å²) in [6.45, 7) is 7.60. The Labute approximate surface area is 90.7 Å². The summed E-state index contributed by atoms with van der Waals surface area (Å²) >= 11 is 0. The zero-order chi connectivity index (χ0) is 10.7. The van der Waals surface area contributed by atoms with Crippen LogP contribution in [0.15, 0.2) is 18.6 Å². The molecule has 1 fully saturated rings. The van der Waals surface area contributed by atoms with Crippen LogP contribution in [0.4, 0.5) is 5.82 Å². The van der Waals surface area contributed by atoms with Gasteiger partial charge in [0.1, 0.15) is 12.1 Å². The molecule has 0 amide bonds. The first-order valence-corrected chi connectivity index (χ1v) is 5.51. The number of hydrogen-bond donors (Lipinski definition) is 1. The summed E-state index contributed by atoms with van der Waals surface area (Å²) in [5, 5.41) is 3.53. The number of anilines is 1. The Morgan fingerprint density at radius 3 is 3.07 bits per heavy atom. The second-order valence-corrected chi connectivity index (χ2v) is 4.32. The first kappa shape index (κ1) is 10.4. The lowest BCUT2D eigenvalue weighted by molar-refractivity contribution is 0.367. The number of nitrogens with one attached hydrogen (secondary N) is 1. The van der Waals surface area contributed by atoms with Gasteiger partial charge in [-0.25, -0.2) is 9.97 Å². The minimum atomic E-state index is 0.564. The van der Waals surface area contributed by atoms with Crippen molar-refractivity contribution in [3.63, 3.8) is 0 Å². The van der Waals surface area contributed by atoms with Crippen LogP contribution in [0.25, 0.3) is 0 Å². The van der Waals surface area contributed by atoms with E-state index >= 15 is 0 Å². The predicted molar refractivity (Wildman–Crippen MR) is 60.9 cm³/mol. The average molecular weight is 206 g/mol. The topological polar surface area (TPSA) is 41.1 Å². The maximum atomic E-state index is 4.28. The highest BCUT2D eigenvalue weighted by Gasteiger charge is 2.22. The molecule has 1 atom stereocenters. The molecule has 2 rings (SSSR count). The molecule has 4 nitrogen and oxygen atoms in total. The number of rotatable bonds is 2. The summed E-state index contributed by atoms with van der Waals surface area (Å²) in [5.74, 6) is 1.70. The van der Waals surface area contributed by atoms with Crippen molar-refractivity contribution in [3.05, 3.63) is 18.6 Å². The van der Waals surface area contributed by atoms with E-state index < -0.39 is 0 Å². The van der Waals surface area contributed by atoms with Gasteiger partial charge in [0.2, 0.25) is 0 Å². The third-order valence-corrected chi connectivity index (χ3v) is 2.90. The lowest BCUT2D eigenvalue weighted by Crippen LogP contribution is -2.53. The minimum absolute atomic E-state index is 0.564. The molecule has 1 N–H and O–H groups in total. The molecule has 4 heteroatoms. The molecule has 1 aliphatic rings. The van der Waals surface area contributed by atoms with Crippen LogP contribution < -0.4 is 10.2 Å². The van der Waals surface area contributed by atoms with Gasteiger partial charge in [-0.05, 0) is 12.0 Å². The van der Waals surface area contributed by atoms with Crippen molar-refractivity contribution >= 4 is 5.82 Å². The van der Waals surface area contributed by atoms with Gasteiger partial charge in [0, 0.05) is 31.9 Å². The third kappa shape index (κ3) is 2.45. The van der Waals surface area contributed by atoms with Crippen LogP contribution in [0.1, 0.15) is 13.8 Å². The highest BCUT2D eigenvalue weighted by atomic mass is 15.2. The highest BCUT2D eigenvalue weighted by molar-refractivity contribution is 5.37. The van der Waals surface area contributed by atoms with Crippen molar-refractivity contribution in [2.24, 2.45) is 5.92 Å². The van der Waals surface area contributed by atoms with Gasteiger partial charge in [-0.3, -0.25) is 0 Å². The van der Waals surface area contributed by atoms with Crippen LogP contribution in [-0.2, 0) is 0 Å². The fraction of sp³-hybridized carbons (Fsp3) is 0.636. The van der Waals surface area contributed by atoms with E-state index in [1.54, 1.807) is 12.5 Å². The van der Waals surface area contributed by atoms with E-state index in [0.717, 1.165) is 25.5 Å². The molecule has 1 saturated heterocycles. The van der Waals surface area contributed by atoms with Crippen LogP contribution in [0.2, 0.25) is 0 Å². The summed E-state index contributed by atoms with van der Waals surface area (Å²) in [7, 11) is 0. The Kier molecular flexibility index (Phi) is 3.16. The van der Waals surface area contributed by atoms with Crippen LogP contribution in [-0.4, -0.2) is 35.6 Å². The molecule has 0 spiro atoms. The fourth-order valence-corrected chi connectivity index (χ4v) is 1.90. The lowest BCUT2D eigenvalue weighted by Gasteiger charge is -2.36. The minimum Gasteiger partial charge on any atom is -0.354 e. The van der Waals surface area contributed by atoms with Crippen LogP contribution in [0.3, 0.4) is 0 Å². The molecule has 0 saturated carbocycles. The van der Waals surface area contributed by atoms with Gasteiger partial charge in [-0.2, -0.15) is 0 Å². The van der Waals surface area contributed by atoms with E-state index in [9.17, 15) is 0 Å². The molecule has 1 unspecified atom stereocenters. The van der Waals surface area contributed by atoms with Crippen molar-refractivity contribution in [1.82, 2.24) is 15.3 Å². The maximum absolute atomic E-state index is 4.28. The molecule has 0 aliphatic carbocycles. The van der Waals surface area contributed by atoms with Gasteiger partial charge in [0.05, 0.1) is 0 Å². The lowest BCUT2D eigenvalue weighted by atomic mass is 10.0. The van der Waals surface area contributed by atoms with Gasteiger partial charge >= 0.3 is 0 Å². The Hall–Kier alpha value is -1.16. The normalized spacial score (nSPS) is 22.1. The van der Waals surface area contributed by atoms with Crippen molar-refractivity contribution in [1.29, 1.82) is 0 Å². The van der Waals surface area contributed by atoms with E-state index in [1.165, 1.54) is 0 Å². The van der Waals surface area contributed by atoms with Crippen LogP contribution in [0, 0.1) is 5.92 Å².